The van der Waals surface area contributed by atoms with Gasteiger partial charge < -0.3 is 5.73 Å². The molecule has 1 rings (SSSR count). The van der Waals surface area contributed by atoms with Crippen molar-refractivity contribution in [2.45, 2.75) is 31.4 Å². The molecule has 2 unspecified atom stereocenters. The molecule has 1 fully saturated rings. The molecule has 1 aliphatic carbocycles. The molecule has 1 aliphatic rings. The van der Waals surface area contributed by atoms with Crippen LogP contribution in [0.4, 0.5) is 22.0 Å². The predicted molar refractivity (Wildman–Crippen MR) is 40.9 cm³/mol. The molecule has 0 amide bonds. The molecule has 6 heteroatoms. The summed E-state index contributed by atoms with van der Waals surface area (Å²) in [5.41, 5.74) is 5.13. The SMILES string of the molecule is NCC1CC(C(F)(F)F)CC(F)(F)C1. The average Bonchev–Trinajstić information content (AvgIpc) is 1.99. The summed E-state index contributed by atoms with van der Waals surface area (Å²) >= 11 is 0. The second kappa shape index (κ2) is 3.64. The molecule has 0 aromatic carbocycles. The Morgan fingerprint density at radius 2 is 1.79 bits per heavy atom. The van der Waals surface area contributed by atoms with Gasteiger partial charge >= 0.3 is 6.18 Å². The van der Waals surface area contributed by atoms with E-state index in [1.54, 1.807) is 0 Å². The van der Waals surface area contributed by atoms with Crippen molar-refractivity contribution in [3.63, 3.8) is 0 Å². The van der Waals surface area contributed by atoms with Crippen LogP contribution in [0.15, 0.2) is 0 Å². The Hall–Kier alpha value is -0.390. The third kappa shape index (κ3) is 2.80. The van der Waals surface area contributed by atoms with Crippen LogP contribution in [0.5, 0.6) is 0 Å². The summed E-state index contributed by atoms with van der Waals surface area (Å²) in [7, 11) is 0. The maximum absolute atomic E-state index is 12.9. The molecule has 0 aromatic heterocycles. The van der Waals surface area contributed by atoms with Crippen molar-refractivity contribution in [2.75, 3.05) is 6.54 Å². The highest BCUT2D eigenvalue weighted by atomic mass is 19.4. The maximum Gasteiger partial charge on any atom is 0.392 e. The van der Waals surface area contributed by atoms with E-state index in [4.69, 9.17) is 5.73 Å². The van der Waals surface area contributed by atoms with E-state index >= 15 is 0 Å². The molecule has 0 bridgehead atoms. The lowest BCUT2D eigenvalue weighted by Crippen LogP contribution is -2.40. The number of hydrogen-bond acceptors (Lipinski definition) is 1. The number of nitrogens with two attached hydrogens (primary N) is 1. The van der Waals surface area contributed by atoms with Crippen LogP contribution in [-0.2, 0) is 0 Å². The van der Waals surface area contributed by atoms with Crippen molar-refractivity contribution < 1.29 is 22.0 Å². The van der Waals surface area contributed by atoms with Gasteiger partial charge in [-0.15, -0.1) is 0 Å². The highest BCUT2D eigenvalue weighted by Gasteiger charge is 2.50. The van der Waals surface area contributed by atoms with Gasteiger partial charge in [-0.05, 0) is 18.9 Å². The molecule has 0 heterocycles. The van der Waals surface area contributed by atoms with Crippen LogP contribution in [0, 0.1) is 11.8 Å². The minimum Gasteiger partial charge on any atom is -0.330 e. The van der Waals surface area contributed by atoms with E-state index in [0.29, 0.717) is 0 Å². The largest absolute Gasteiger partial charge is 0.392 e. The minimum atomic E-state index is -4.53. The minimum absolute atomic E-state index is 0.109. The molecule has 2 N–H and O–H groups in total. The van der Waals surface area contributed by atoms with Crippen molar-refractivity contribution in [3.8, 4) is 0 Å². The smallest absolute Gasteiger partial charge is 0.330 e. The van der Waals surface area contributed by atoms with Crippen LogP contribution >= 0.6 is 0 Å². The highest BCUT2D eigenvalue weighted by Crippen LogP contribution is 2.46. The molecule has 84 valence electrons. The molecule has 14 heavy (non-hydrogen) atoms. The quantitative estimate of drug-likeness (QED) is 0.671. The highest BCUT2D eigenvalue weighted by molar-refractivity contribution is 4.87. The summed E-state index contributed by atoms with van der Waals surface area (Å²) in [6.45, 7) is -0.109. The Balaban J connectivity index is 2.71. The molecule has 1 nitrogen and oxygen atoms in total. The predicted octanol–water partition coefficient (Wildman–Crippen LogP) is 2.56. The lowest BCUT2D eigenvalue weighted by Gasteiger charge is -2.35. The molecule has 0 saturated heterocycles. The first kappa shape index (κ1) is 11.7. The number of halogens is 5. The molecule has 0 radical (unpaired) electrons. The van der Waals surface area contributed by atoms with Crippen LogP contribution in [-0.4, -0.2) is 18.6 Å². The maximum atomic E-state index is 12.9. The zero-order chi connectivity index (χ0) is 11.0. The van der Waals surface area contributed by atoms with E-state index in [0.717, 1.165) is 0 Å². The van der Waals surface area contributed by atoms with Gasteiger partial charge in [-0.3, -0.25) is 0 Å². The van der Waals surface area contributed by atoms with E-state index in [2.05, 4.69) is 0 Å². The zero-order valence-electron chi connectivity index (χ0n) is 7.45. The number of rotatable bonds is 1. The summed E-state index contributed by atoms with van der Waals surface area (Å²) in [5.74, 6) is -5.84. The van der Waals surface area contributed by atoms with Crippen molar-refractivity contribution in [1.29, 1.82) is 0 Å². The van der Waals surface area contributed by atoms with Crippen LogP contribution in [0.3, 0.4) is 0 Å². The van der Waals surface area contributed by atoms with Gasteiger partial charge in [0.15, 0.2) is 0 Å². The first-order valence-electron chi connectivity index (χ1n) is 4.39. The van der Waals surface area contributed by atoms with Crippen molar-refractivity contribution in [1.82, 2.24) is 0 Å². The van der Waals surface area contributed by atoms with Gasteiger partial charge in [0, 0.05) is 12.8 Å². The standard InChI is InChI=1S/C8H12F5N/c9-7(10)2-5(4-14)1-6(3-7)8(11,12)13/h5-6H,1-4,14H2. The Bertz CT molecular complexity index is 200. The third-order valence-electron chi connectivity index (χ3n) is 2.55. The monoisotopic (exact) mass is 217 g/mol. The molecule has 0 aliphatic heterocycles. The van der Waals surface area contributed by atoms with E-state index < -0.39 is 36.8 Å². The molecule has 1 saturated carbocycles. The van der Waals surface area contributed by atoms with E-state index in [1.807, 2.05) is 0 Å². The summed E-state index contributed by atoms with van der Waals surface area (Å²) in [6.07, 6.45) is -6.41. The summed E-state index contributed by atoms with van der Waals surface area (Å²) in [6, 6.07) is 0. The molecule has 0 spiro atoms. The van der Waals surface area contributed by atoms with Crippen molar-refractivity contribution in [3.05, 3.63) is 0 Å². The van der Waals surface area contributed by atoms with Gasteiger partial charge in [0.2, 0.25) is 5.92 Å². The van der Waals surface area contributed by atoms with Crippen LogP contribution in [0.1, 0.15) is 19.3 Å². The van der Waals surface area contributed by atoms with Gasteiger partial charge in [0.05, 0.1) is 5.92 Å². The first-order valence-corrected chi connectivity index (χ1v) is 4.39. The lowest BCUT2D eigenvalue weighted by atomic mass is 9.79. The first-order chi connectivity index (χ1) is 6.24. The van der Waals surface area contributed by atoms with Crippen LogP contribution in [0.2, 0.25) is 0 Å². The van der Waals surface area contributed by atoms with Crippen LogP contribution < -0.4 is 5.73 Å². The number of hydrogen-bond donors (Lipinski definition) is 1. The molecule has 2 atom stereocenters. The normalized spacial score (nSPS) is 33.0. The Kier molecular flexibility index (Phi) is 3.04. The van der Waals surface area contributed by atoms with Gasteiger partial charge in [-0.25, -0.2) is 8.78 Å². The van der Waals surface area contributed by atoms with E-state index in [1.165, 1.54) is 0 Å². The molecular formula is C8H12F5N. The Morgan fingerprint density at radius 3 is 2.21 bits per heavy atom. The van der Waals surface area contributed by atoms with E-state index in [-0.39, 0.29) is 13.0 Å². The van der Waals surface area contributed by atoms with Crippen molar-refractivity contribution >= 4 is 0 Å². The summed E-state index contributed by atoms with van der Waals surface area (Å²) < 4.78 is 62.4. The fraction of sp³-hybridized carbons (Fsp3) is 1.00. The second-order valence-corrected chi connectivity index (χ2v) is 3.84. The third-order valence-corrected chi connectivity index (χ3v) is 2.55. The zero-order valence-corrected chi connectivity index (χ0v) is 7.45. The van der Waals surface area contributed by atoms with Gasteiger partial charge in [-0.1, -0.05) is 0 Å². The summed E-state index contributed by atoms with van der Waals surface area (Å²) in [4.78, 5) is 0. The molecule has 0 aromatic rings. The van der Waals surface area contributed by atoms with Crippen molar-refractivity contribution in [2.24, 2.45) is 17.6 Å². The van der Waals surface area contributed by atoms with Gasteiger partial charge in [-0.2, -0.15) is 13.2 Å². The van der Waals surface area contributed by atoms with Gasteiger partial charge in [0.1, 0.15) is 0 Å². The second-order valence-electron chi connectivity index (χ2n) is 3.84. The number of alkyl halides is 5. The fourth-order valence-corrected chi connectivity index (χ4v) is 1.86. The van der Waals surface area contributed by atoms with E-state index in [9.17, 15) is 22.0 Å². The fourth-order valence-electron chi connectivity index (χ4n) is 1.86. The Labute approximate surface area is 78.5 Å². The van der Waals surface area contributed by atoms with Gasteiger partial charge in [0.25, 0.3) is 0 Å². The molecular weight excluding hydrogens is 205 g/mol. The topological polar surface area (TPSA) is 26.0 Å². The van der Waals surface area contributed by atoms with Crippen LogP contribution in [0.25, 0.3) is 0 Å². The lowest BCUT2D eigenvalue weighted by molar-refractivity contribution is -0.213. The average molecular weight is 217 g/mol. The summed E-state index contributed by atoms with van der Waals surface area (Å²) in [5, 5.41) is 0. The Morgan fingerprint density at radius 1 is 1.21 bits per heavy atom.